The summed E-state index contributed by atoms with van der Waals surface area (Å²) in [6.07, 6.45) is -4.38. The van der Waals surface area contributed by atoms with E-state index in [1.165, 1.54) is 12.1 Å². The molecule has 0 radical (unpaired) electrons. The van der Waals surface area contributed by atoms with Gasteiger partial charge in [-0.1, -0.05) is 12.1 Å². The Morgan fingerprint density at radius 1 is 1.11 bits per heavy atom. The van der Waals surface area contributed by atoms with Crippen LogP contribution in [0.4, 0.5) is 13.2 Å². The van der Waals surface area contributed by atoms with Gasteiger partial charge in [-0.25, -0.2) is 0 Å². The lowest BCUT2D eigenvalue weighted by molar-refractivity contribution is -0.137. The number of rotatable bonds is 3. The number of hydrogen-bond donors (Lipinski definition) is 0. The van der Waals surface area contributed by atoms with Crippen molar-refractivity contribution in [2.24, 2.45) is 0 Å². The number of morpholine rings is 1. The molecule has 0 bridgehead atoms. The summed E-state index contributed by atoms with van der Waals surface area (Å²) in [7, 11) is 0. The molecule has 0 atom stereocenters. The number of benzene rings is 1. The first kappa shape index (κ1) is 18.6. The van der Waals surface area contributed by atoms with E-state index in [1.807, 2.05) is 13.0 Å². The van der Waals surface area contributed by atoms with Crippen LogP contribution < -0.4 is 0 Å². The fourth-order valence-corrected chi connectivity index (χ4v) is 3.42. The number of halogens is 3. The second-order valence-electron chi connectivity index (χ2n) is 6.82. The fraction of sp³-hybridized carbons (Fsp3) is 0.350. The molecule has 3 heterocycles. The van der Waals surface area contributed by atoms with Gasteiger partial charge in [0.1, 0.15) is 11.5 Å². The molecular weight excluding hydrogens is 373 g/mol. The molecule has 2 aromatic heterocycles. The lowest BCUT2D eigenvalue weighted by Crippen LogP contribution is -2.41. The van der Waals surface area contributed by atoms with Gasteiger partial charge in [0.25, 0.3) is 5.91 Å². The summed E-state index contributed by atoms with van der Waals surface area (Å²) in [4.78, 5) is 14.7. The number of amides is 1. The van der Waals surface area contributed by atoms with Crippen LogP contribution in [0, 0.1) is 6.92 Å². The van der Waals surface area contributed by atoms with Gasteiger partial charge < -0.3 is 18.6 Å². The Bertz CT molecular complexity index is 996. The van der Waals surface area contributed by atoms with Gasteiger partial charge in [-0.05, 0) is 24.6 Å². The number of alkyl halides is 3. The third-order valence-corrected chi connectivity index (χ3v) is 4.85. The van der Waals surface area contributed by atoms with E-state index < -0.39 is 11.7 Å². The van der Waals surface area contributed by atoms with Crippen LogP contribution in [0.25, 0.3) is 11.1 Å². The first-order valence-corrected chi connectivity index (χ1v) is 8.96. The van der Waals surface area contributed by atoms with Crippen molar-refractivity contribution < 1.29 is 27.1 Å². The average Bonchev–Trinajstić information content (AvgIpc) is 3.18. The second kappa shape index (κ2) is 7.01. The Morgan fingerprint density at radius 3 is 2.43 bits per heavy atom. The van der Waals surface area contributed by atoms with Crippen LogP contribution in [-0.4, -0.2) is 41.7 Å². The van der Waals surface area contributed by atoms with E-state index in [9.17, 15) is 18.0 Å². The van der Waals surface area contributed by atoms with Crippen LogP contribution in [0.1, 0.15) is 27.4 Å². The summed E-state index contributed by atoms with van der Waals surface area (Å²) in [6, 6.07) is 8.51. The monoisotopic (exact) mass is 392 g/mol. The Kier molecular flexibility index (Phi) is 4.66. The third kappa shape index (κ3) is 3.52. The number of fused-ring (bicyclic) bond motifs is 1. The van der Waals surface area contributed by atoms with E-state index in [1.54, 1.807) is 15.5 Å². The van der Waals surface area contributed by atoms with Crippen molar-refractivity contribution in [3.05, 3.63) is 59.0 Å². The van der Waals surface area contributed by atoms with Crippen LogP contribution in [-0.2, 0) is 17.5 Å². The summed E-state index contributed by atoms with van der Waals surface area (Å²) >= 11 is 0. The van der Waals surface area contributed by atoms with E-state index in [-0.39, 0.29) is 12.5 Å². The second-order valence-corrected chi connectivity index (χ2v) is 6.82. The minimum Gasteiger partial charge on any atom is -0.460 e. The highest BCUT2D eigenvalue weighted by molar-refractivity contribution is 5.97. The minimum absolute atomic E-state index is 0.140. The molecule has 0 saturated carbocycles. The van der Waals surface area contributed by atoms with Gasteiger partial charge in [0.2, 0.25) is 0 Å². The topological polar surface area (TPSA) is 47.6 Å². The minimum atomic E-state index is -4.38. The Morgan fingerprint density at radius 2 is 1.79 bits per heavy atom. The highest BCUT2D eigenvalue weighted by Gasteiger charge is 2.30. The highest BCUT2D eigenvalue weighted by Crippen LogP contribution is 2.30. The van der Waals surface area contributed by atoms with Crippen molar-refractivity contribution in [2.45, 2.75) is 19.6 Å². The molecule has 1 aliphatic heterocycles. The smallest absolute Gasteiger partial charge is 0.416 e. The summed E-state index contributed by atoms with van der Waals surface area (Å²) in [5.41, 5.74) is 1.75. The normalized spacial score (nSPS) is 15.4. The molecule has 1 aromatic carbocycles. The maximum atomic E-state index is 13.0. The first-order valence-electron chi connectivity index (χ1n) is 8.96. The molecule has 4 rings (SSSR count). The molecule has 0 unspecified atom stereocenters. The quantitative estimate of drug-likeness (QED) is 0.675. The van der Waals surface area contributed by atoms with Gasteiger partial charge >= 0.3 is 6.18 Å². The standard InChI is InChI=1S/C20H19F3N2O3/c1-13-10-16-18(28-13)11-17(19(26)24-6-8-27-9-7-24)25(16)12-14-2-4-15(5-3-14)20(21,22)23/h2-5,10-11H,6-9,12H2,1H3. The lowest BCUT2D eigenvalue weighted by Gasteiger charge is -2.27. The van der Waals surface area contributed by atoms with Gasteiger partial charge in [0, 0.05) is 31.8 Å². The van der Waals surface area contributed by atoms with Gasteiger partial charge in [0.15, 0.2) is 5.58 Å². The zero-order valence-electron chi connectivity index (χ0n) is 15.3. The summed E-state index contributed by atoms with van der Waals surface area (Å²) in [5, 5.41) is 0. The van der Waals surface area contributed by atoms with E-state index in [2.05, 4.69) is 0 Å². The van der Waals surface area contributed by atoms with Gasteiger partial charge in [0.05, 0.1) is 24.3 Å². The van der Waals surface area contributed by atoms with Crippen LogP contribution >= 0.6 is 0 Å². The number of aryl methyl sites for hydroxylation is 1. The zero-order chi connectivity index (χ0) is 19.9. The number of ether oxygens (including phenoxy) is 1. The van der Waals surface area contributed by atoms with Gasteiger partial charge in [-0.3, -0.25) is 4.79 Å². The van der Waals surface area contributed by atoms with Crippen molar-refractivity contribution in [1.82, 2.24) is 9.47 Å². The molecule has 148 valence electrons. The predicted molar refractivity (Wildman–Crippen MR) is 96.2 cm³/mol. The number of hydrogen-bond acceptors (Lipinski definition) is 3. The number of carbonyl (C=O) groups is 1. The van der Waals surface area contributed by atoms with E-state index in [4.69, 9.17) is 9.15 Å². The molecule has 1 amide bonds. The molecule has 5 nitrogen and oxygen atoms in total. The van der Waals surface area contributed by atoms with Crippen molar-refractivity contribution in [2.75, 3.05) is 26.3 Å². The van der Waals surface area contributed by atoms with Crippen LogP contribution in [0.15, 0.2) is 40.8 Å². The Balaban J connectivity index is 1.69. The van der Waals surface area contributed by atoms with E-state index in [0.717, 1.165) is 17.6 Å². The number of furan rings is 1. The molecule has 1 fully saturated rings. The summed E-state index contributed by atoms with van der Waals surface area (Å²) < 4.78 is 51.2. The average molecular weight is 392 g/mol. The lowest BCUT2D eigenvalue weighted by atomic mass is 10.1. The maximum absolute atomic E-state index is 13.0. The van der Waals surface area contributed by atoms with Crippen LogP contribution in [0.2, 0.25) is 0 Å². The van der Waals surface area contributed by atoms with Crippen molar-refractivity contribution in [3.8, 4) is 0 Å². The van der Waals surface area contributed by atoms with E-state index in [0.29, 0.717) is 48.9 Å². The first-order chi connectivity index (χ1) is 13.3. The van der Waals surface area contributed by atoms with Crippen molar-refractivity contribution in [1.29, 1.82) is 0 Å². The van der Waals surface area contributed by atoms with Gasteiger partial charge in [-0.15, -0.1) is 0 Å². The molecule has 0 N–H and O–H groups in total. The largest absolute Gasteiger partial charge is 0.460 e. The zero-order valence-corrected chi connectivity index (χ0v) is 15.3. The fourth-order valence-electron chi connectivity index (χ4n) is 3.42. The molecular formula is C20H19F3N2O3. The van der Waals surface area contributed by atoms with Crippen molar-refractivity contribution in [3.63, 3.8) is 0 Å². The SMILES string of the molecule is Cc1cc2c(cc(C(=O)N3CCOCC3)n2Cc2ccc(C(F)(F)F)cc2)o1. The number of carbonyl (C=O) groups excluding carboxylic acids is 1. The third-order valence-electron chi connectivity index (χ3n) is 4.85. The molecule has 0 aliphatic carbocycles. The molecule has 1 aliphatic rings. The maximum Gasteiger partial charge on any atom is 0.416 e. The summed E-state index contributed by atoms with van der Waals surface area (Å²) in [6.45, 7) is 4.06. The molecule has 28 heavy (non-hydrogen) atoms. The predicted octanol–water partition coefficient (Wildman–Crippen LogP) is 4.08. The van der Waals surface area contributed by atoms with Crippen LogP contribution in [0.3, 0.4) is 0 Å². The molecule has 8 heteroatoms. The highest BCUT2D eigenvalue weighted by atomic mass is 19.4. The number of nitrogens with zero attached hydrogens (tertiary/aromatic N) is 2. The van der Waals surface area contributed by atoms with Gasteiger partial charge in [-0.2, -0.15) is 13.2 Å². The molecule has 3 aromatic rings. The Labute approximate surface area is 159 Å². The van der Waals surface area contributed by atoms with Crippen LogP contribution in [0.5, 0.6) is 0 Å². The Hall–Kier alpha value is -2.74. The van der Waals surface area contributed by atoms with Crippen molar-refractivity contribution >= 4 is 17.0 Å². The molecule has 1 saturated heterocycles. The molecule has 0 spiro atoms. The summed E-state index contributed by atoms with van der Waals surface area (Å²) in [5.74, 6) is 0.566. The van der Waals surface area contributed by atoms with E-state index >= 15 is 0 Å². The number of aromatic nitrogens is 1.